The molecule has 4 rings (SSSR count). The minimum absolute atomic E-state index is 0.0689. The van der Waals surface area contributed by atoms with Gasteiger partial charge in [-0.2, -0.15) is 0 Å². The summed E-state index contributed by atoms with van der Waals surface area (Å²) in [4.78, 5) is 24.3. The summed E-state index contributed by atoms with van der Waals surface area (Å²) in [6, 6.07) is 17.3. The number of hydrogen-bond donors (Lipinski definition) is 3. The smallest absolute Gasteiger partial charge is 0.336 e. The van der Waals surface area contributed by atoms with E-state index in [-0.39, 0.29) is 13.0 Å². The van der Waals surface area contributed by atoms with Gasteiger partial charge in [-0.3, -0.25) is 4.79 Å². The van der Waals surface area contributed by atoms with Crippen LogP contribution >= 0.6 is 0 Å². The van der Waals surface area contributed by atoms with Gasteiger partial charge in [0.2, 0.25) is 5.91 Å². The quantitative estimate of drug-likeness (QED) is 0.559. The fraction of sp³-hybridized carbons (Fsp3) is 0.440. The molecule has 1 amide bonds. The van der Waals surface area contributed by atoms with Gasteiger partial charge in [-0.1, -0.05) is 60.7 Å². The van der Waals surface area contributed by atoms with E-state index in [0.717, 1.165) is 11.1 Å². The molecule has 9 nitrogen and oxygen atoms in total. The molecule has 0 aromatic heterocycles. The number of amides is 1. The van der Waals surface area contributed by atoms with Crippen molar-refractivity contribution in [2.24, 2.45) is 0 Å². The Balaban J connectivity index is 1.66. The van der Waals surface area contributed by atoms with Crippen LogP contribution in [-0.2, 0) is 35.0 Å². The standard InChI is InChI=1S/C25H29NO8/c1-15(27)26-19-21(34-25(2,24(29)30)13-16-9-5-3-6-10-16)20-18(32-22(19)28)14-31-23(33-20)17-11-7-4-8-12-17/h3-12,18-23,28H,13-14H2,1-2H3,(H,26,27)(H,29,30)/t18-,19-,20-,21-,22+,23+,25+/m1/s1. The Kier molecular flexibility index (Phi) is 7.30. The van der Waals surface area contributed by atoms with Gasteiger partial charge < -0.3 is 34.5 Å². The number of benzene rings is 2. The van der Waals surface area contributed by atoms with Crippen molar-refractivity contribution in [3.63, 3.8) is 0 Å². The van der Waals surface area contributed by atoms with Crippen LogP contribution in [0.5, 0.6) is 0 Å². The maximum atomic E-state index is 12.4. The van der Waals surface area contributed by atoms with Gasteiger partial charge >= 0.3 is 5.97 Å². The third kappa shape index (κ3) is 5.29. The second-order valence-electron chi connectivity index (χ2n) is 8.75. The number of ether oxygens (including phenoxy) is 4. The van der Waals surface area contributed by atoms with Crippen molar-refractivity contribution in [1.29, 1.82) is 0 Å². The van der Waals surface area contributed by atoms with Crippen molar-refractivity contribution >= 4 is 11.9 Å². The Hall–Kier alpha value is -2.82. The lowest BCUT2D eigenvalue weighted by Crippen LogP contribution is -2.68. The molecule has 7 atom stereocenters. The number of nitrogens with one attached hydrogen (secondary N) is 1. The summed E-state index contributed by atoms with van der Waals surface area (Å²) in [7, 11) is 0. The highest BCUT2D eigenvalue weighted by Gasteiger charge is 2.53. The molecule has 0 aliphatic carbocycles. The molecule has 2 aromatic rings. The Morgan fingerprint density at radius 2 is 1.74 bits per heavy atom. The van der Waals surface area contributed by atoms with Crippen molar-refractivity contribution in [3.8, 4) is 0 Å². The lowest BCUT2D eigenvalue weighted by molar-refractivity contribution is -0.349. The molecular weight excluding hydrogens is 442 g/mol. The van der Waals surface area contributed by atoms with Gasteiger partial charge in [-0.15, -0.1) is 0 Å². The molecule has 0 spiro atoms. The van der Waals surface area contributed by atoms with Crippen LogP contribution in [0, 0.1) is 0 Å². The van der Waals surface area contributed by atoms with Crippen LogP contribution < -0.4 is 5.32 Å². The number of aliphatic hydroxyl groups is 1. The van der Waals surface area contributed by atoms with E-state index >= 15 is 0 Å². The highest BCUT2D eigenvalue weighted by molar-refractivity contribution is 5.77. The highest BCUT2D eigenvalue weighted by Crippen LogP contribution is 2.37. The molecule has 0 bridgehead atoms. The molecule has 2 aliphatic heterocycles. The largest absolute Gasteiger partial charge is 0.479 e. The van der Waals surface area contributed by atoms with E-state index in [2.05, 4.69) is 5.32 Å². The molecule has 2 aromatic carbocycles. The zero-order chi connectivity index (χ0) is 24.3. The predicted octanol–water partition coefficient (Wildman–Crippen LogP) is 1.79. The van der Waals surface area contributed by atoms with Crippen LogP contribution in [-0.4, -0.2) is 64.9 Å². The van der Waals surface area contributed by atoms with Crippen molar-refractivity contribution in [3.05, 3.63) is 71.8 Å². The first-order valence-electron chi connectivity index (χ1n) is 11.1. The predicted molar refractivity (Wildman–Crippen MR) is 120 cm³/mol. The molecule has 182 valence electrons. The minimum atomic E-state index is -1.67. The number of aliphatic hydroxyl groups excluding tert-OH is 1. The molecule has 2 saturated heterocycles. The Bertz CT molecular complexity index is 987. The zero-order valence-electron chi connectivity index (χ0n) is 19.0. The number of carbonyl (C=O) groups excluding carboxylic acids is 1. The second-order valence-corrected chi connectivity index (χ2v) is 8.75. The van der Waals surface area contributed by atoms with Gasteiger partial charge in [0.05, 0.1) is 6.61 Å². The van der Waals surface area contributed by atoms with Crippen molar-refractivity contribution in [1.82, 2.24) is 5.32 Å². The average Bonchev–Trinajstić information content (AvgIpc) is 2.82. The fourth-order valence-corrected chi connectivity index (χ4v) is 4.35. The van der Waals surface area contributed by atoms with Crippen LogP contribution in [0.4, 0.5) is 0 Å². The number of hydrogen-bond acceptors (Lipinski definition) is 7. The first-order valence-corrected chi connectivity index (χ1v) is 11.1. The summed E-state index contributed by atoms with van der Waals surface area (Å²) in [5, 5.41) is 23.4. The summed E-state index contributed by atoms with van der Waals surface area (Å²) in [6.45, 7) is 2.86. The molecule has 2 heterocycles. The van der Waals surface area contributed by atoms with E-state index in [1.165, 1.54) is 13.8 Å². The highest BCUT2D eigenvalue weighted by atomic mass is 16.7. The van der Waals surface area contributed by atoms with E-state index in [1.807, 2.05) is 60.7 Å². The molecule has 3 N–H and O–H groups in total. The SMILES string of the molecule is CC(=O)N[C@@H]1[C@@H](O[C@@](C)(Cc2ccccc2)C(=O)O)[C@@H]2O[C@@H](c3ccccc3)OC[C@H]2O[C@@H]1O. The Morgan fingerprint density at radius 3 is 2.35 bits per heavy atom. The zero-order valence-corrected chi connectivity index (χ0v) is 19.0. The van der Waals surface area contributed by atoms with Gasteiger partial charge in [0.15, 0.2) is 18.2 Å². The molecule has 0 unspecified atom stereocenters. The van der Waals surface area contributed by atoms with E-state index in [0.29, 0.717) is 0 Å². The van der Waals surface area contributed by atoms with E-state index in [9.17, 15) is 19.8 Å². The molecular formula is C25H29NO8. The van der Waals surface area contributed by atoms with Gasteiger partial charge in [0.25, 0.3) is 0 Å². The van der Waals surface area contributed by atoms with Gasteiger partial charge in [-0.05, 0) is 12.5 Å². The van der Waals surface area contributed by atoms with Crippen LogP contribution in [0.1, 0.15) is 31.3 Å². The molecule has 34 heavy (non-hydrogen) atoms. The summed E-state index contributed by atoms with van der Waals surface area (Å²) in [5.74, 6) is -1.60. The number of carboxylic acids is 1. The van der Waals surface area contributed by atoms with Crippen LogP contribution in [0.15, 0.2) is 60.7 Å². The number of aliphatic carboxylic acids is 1. The number of rotatable bonds is 7. The number of carbonyl (C=O) groups is 2. The first kappa shape index (κ1) is 24.3. The normalized spacial score (nSPS) is 30.6. The van der Waals surface area contributed by atoms with Crippen molar-refractivity contribution in [2.75, 3.05) is 6.61 Å². The van der Waals surface area contributed by atoms with Crippen molar-refractivity contribution < 1.29 is 38.7 Å². The first-order chi connectivity index (χ1) is 16.3. The summed E-state index contributed by atoms with van der Waals surface area (Å²) < 4.78 is 23.9. The minimum Gasteiger partial charge on any atom is -0.479 e. The van der Waals surface area contributed by atoms with E-state index in [4.69, 9.17) is 18.9 Å². The molecule has 0 saturated carbocycles. The summed E-state index contributed by atoms with van der Waals surface area (Å²) in [5.41, 5.74) is -0.135. The molecule has 9 heteroatoms. The van der Waals surface area contributed by atoms with Crippen LogP contribution in [0.3, 0.4) is 0 Å². The third-order valence-electron chi connectivity index (χ3n) is 6.03. The van der Waals surface area contributed by atoms with Crippen LogP contribution in [0.25, 0.3) is 0 Å². The van der Waals surface area contributed by atoms with E-state index < -0.39 is 54.4 Å². The lowest BCUT2D eigenvalue weighted by atomic mass is 9.91. The number of fused-ring (bicyclic) bond motifs is 1. The fourth-order valence-electron chi connectivity index (χ4n) is 4.35. The monoisotopic (exact) mass is 471 g/mol. The summed E-state index contributed by atoms with van der Waals surface area (Å²) >= 11 is 0. The van der Waals surface area contributed by atoms with Gasteiger partial charge in [0, 0.05) is 18.9 Å². The van der Waals surface area contributed by atoms with Crippen LogP contribution in [0.2, 0.25) is 0 Å². The van der Waals surface area contributed by atoms with Crippen molar-refractivity contribution in [2.45, 2.75) is 62.8 Å². The van der Waals surface area contributed by atoms with Gasteiger partial charge in [-0.25, -0.2) is 4.79 Å². The van der Waals surface area contributed by atoms with E-state index in [1.54, 1.807) is 0 Å². The Labute approximate surface area is 197 Å². The maximum absolute atomic E-state index is 12.4. The Morgan fingerprint density at radius 1 is 1.09 bits per heavy atom. The molecule has 2 aliphatic rings. The maximum Gasteiger partial charge on any atom is 0.336 e. The molecule has 2 fully saturated rings. The lowest BCUT2D eigenvalue weighted by Gasteiger charge is -2.49. The topological polar surface area (TPSA) is 124 Å². The summed E-state index contributed by atoms with van der Waals surface area (Å²) in [6.07, 6.45) is -4.67. The average molecular weight is 472 g/mol. The second kappa shape index (κ2) is 10.2. The van der Waals surface area contributed by atoms with Gasteiger partial charge in [0.1, 0.15) is 24.4 Å². The number of carboxylic acid groups (broad SMARTS) is 1. The molecule has 0 radical (unpaired) electrons. The third-order valence-corrected chi connectivity index (χ3v) is 6.03.